The van der Waals surface area contributed by atoms with E-state index in [0.29, 0.717) is 22.3 Å². The smallest absolute Gasteiger partial charge is 0.243 e. The maximum absolute atomic E-state index is 13.1. The lowest BCUT2D eigenvalue weighted by atomic mass is 10.2. The van der Waals surface area contributed by atoms with Gasteiger partial charge in [-0.05, 0) is 42.5 Å². The zero-order chi connectivity index (χ0) is 26.3. The van der Waals surface area contributed by atoms with Gasteiger partial charge in [0.15, 0.2) is 16.6 Å². The van der Waals surface area contributed by atoms with Gasteiger partial charge in [-0.15, -0.1) is 6.42 Å². The van der Waals surface area contributed by atoms with Gasteiger partial charge in [0, 0.05) is 44.2 Å². The third-order valence-electron chi connectivity index (χ3n) is 5.32. The molecular weight excluding hydrogens is 512 g/mol. The molecule has 4 aromatic rings. The largest absolute Gasteiger partial charge is 0.383 e. The van der Waals surface area contributed by atoms with Gasteiger partial charge in [-0.25, -0.2) is 18.4 Å². The van der Waals surface area contributed by atoms with Crippen LogP contribution in [-0.4, -0.2) is 68.2 Å². The van der Waals surface area contributed by atoms with E-state index >= 15 is 0 Å². The van der Waals surface area contributed by atoms with Gasteiger partial charge in [0.25, 0.3) is 0 Å². The van der Waals surface area contributed by atoms with Crippen LogP contribution in [0, 0.1) is 12.3 Å². The second kappa shape index (κ2) is 12.1. The van der Waals surface area contributed by atoms with Crippen LogP contribution in [0.4, 0.5) is 22.3 Å². The fraction of sp³-hybridized carbons (Fsp3) is 0.240. The van der Waals surface area contributed by atoms with E-state index in [0.717, 1.165) is 16.0 Å². The highest BCUT2D eigenvalue weighted by Crippen LogP contribution is 2.33. The number of methoxy groups -OCH3 is 2. The Kier molecular flexibility index (Phi) is 8.65. The van der Waals surface area contributed by atoms with Crippen LogP contribution in [0.15, 0.2) is 59.8 Å². The molecule has 0 amide bonds. The van der Waals surface area contributed by atoms with E-state index in [4.69, 9.17) is 15.9 Å². The van der Waals surface area contributed by atoms with Crippen molar-refractivity contribution in [2.45, 2.75) is 4.90 Å². The van der Waals surface area contributed by atoms with Gasteiger partial charge in [0.05, 0.1) is 18.1 Å². The van der Waals surface area contributed by atoms with Crippen molar-refractivity contribution in [2.24, 2.45) is 0 Å². The second-order valence-electron chi connectivity index (χ2n) is 7.78. The van der Waals surface area contributed by atoms with E-state index < -0.39 is 10.0 Å². The number of anilines is 4. The highest BCUT2D eigenvalue weighted by atomic mass is 32.2. The predicted octanol–water partition coefficient (Wildman–Crippen LogP) is 3.84. The van der Waals surface area contributed by atoms with Crippen LogP contribution >= 0.6 is 11.3 Å². The SMILES string of the molecule is C#Cc1cccc(Nc2ncnc3nc(Nc4ccc(S(=O)(=O)N(CCOC)CCOC)cc4)sc23)c1. The fourth-order valence-electron chi connectivity index (χ4n) is 3.44. The number of benzene rings is 2. The Bertz CT molecular complexity index is 1490. The summed E-state index contributed by atoms with van der Waals surface area (Å²) >= 11 is 1.38. The molecule has 0 radical (unpaired) electrons. The molecule has 2 aromatic carbocycles. The topological polar surface area (TPSA) is 119 Å². The summed E-state index contributed by atoms with van der Waals surface area (Å²) in [7, 11) is -0.637. The van der Waals surface area contributed by atoms with Gasteiger partial charge in [-0.3, -0.25) is 0 Å². The van der Waals surface area contributed by atoms with E-state index in [2.05, 4.69) is 31.5 Å². The Morgan fingerprint density at radius 2 is 1.73 bits per heavy atom. The molecule has 0 aliphatic heterocycles. The third kappa shape index (κ3) is 6.40. The number of hydrogen-bond acceptors (Lipinski definition) is 10. The van der Waals surface area contributed by atoms with E-state index in [1.54, 1.807) is 24.3 Å². The van der Waals surface area contributed by atoms with E-state index in [9.17, 15) is 8.42 Å². The van der Waals surface area contributed by atoms with Crippen LogP contribution < -0.4 is 10.6 Å². The molecule has 4 rings (SSSR count). The first-order chi connectivity index (χ1) is 17.9. The number of thiazole rings is 1. The van der Waals surface area contributed by atoms with Gasteiger partial charge >= 0.3 is 0 Å². The molecule has 0 fully saturated rings. The molecule has 37 heavy (non-hydrogen) atoms. The number of nitrogens with zero attached hydrogens (tertiary/aromatic N) is 4. The summed E-state index contributed by atoms with van der Waals surface area (Å²) in [5.41, 5.74) is 2.78. The van der Waals surface area contributed by atoms with Crippen LogP contribution in [0.3, 0.4) is 0 Å². The standard InChI is InChI=1S/C25H26N6O4S2/c1-4-18-6-5-7-20(16-18)28-23-22-24(27-17-26-23)30-25(36-22)29-19-8-10-21(11-9-19)37(32,33)31(12-14-34-2)13-15-35-3/h1,5-11,16-17H,12-15H2,2-3H3,(H2,26,27,28,29,30). The molecule has 12 heteroatoms. The van der Waals surface area contributed by atoms with Crippen LogP contribution in [0.2, 0.25) is 0 Å². The van der Waals surface area contributed by atoms with Gasteiger partial charge in [-0.1, -0.05) is 23.3 Å². The molecule has 2 N–H and O–H groups in total. The van der Waals surface area contributed by atoms with Crippen LogP contribution in [-0.2, 0) is 19.5 Å². The summed E-state index contributed by atoms with van der Waals surface area (Å²) in [6, 6.07) is 14.0. The second-order valence-corrected chi connectivity index (χ2v) is 10.7. The van der Waals surface area contributed by atoms with E-state index in [1.165, 1.54) is 36.2 Å². The Balaban J connectivity index is 1.52. The number of nitrogens with one attached hydrogen (secondary N) is 2. The van der Waals surface area contributed by atoms with Crippen molar-refractivity contribution >= 4 is 54.0 Å². The Hall–Kier alpha value is -3.60. The van der Waals surface area contributed by atoms with Crippen molar-refractivity contribution in [3.63, 3.8) is 0 Å². The summed E-state index contributed by atoms with van der Waals surface area (Å²) < 4.78 is 38.5. The number of fused-ring (bicyclic) bond motifs is 1. The number of sulfonamides is 1. The van der Waals surface area contributed by atoms with Crippen LogP contribution in [0.1, 0.15) is 5.56 Å². The number of terminal acetylenes is 1. The van der Waals surface area contributed by atoms with Gasteiger partial charge in [0.1, 0.15) is 11.0 Å². The molecule has 0 saturated carbocycles. The van der Waals surface area contributed by atoms with Crippen LogP contribution in [0.5, 0.6) is 0 Å². The zero-order valence-electron chi connectivity index (χ0n) is 20.3. The quantitative estimate of drug-likeness (QED) is 0.259. The maximum Gasteiger partial charge on any atom is 0.243 e. The third-order valence-corrected chi connectivity index (χ3v) is 8.20. The molecule has 2 heterocycles. The van der Waals surface area contributed by atoms with Crippen molar-refractivity contribution in [1.82, 2.24) is 19.3 Å². The summed E-state index contributed by atoms with van der Waals surface area (Å²) in [6.07, 6.45) is 6.94. The van der Waals surface area contributed by atoms with Gasteiger partial charge in [0.2, 0.25) is 10.0 Å². The molecule has 10 nitrogen and oxygen atoms in total. The lowest BCUT2D eigenvalue weighted by Gasteiger charge is -2.21. The normalized spacial score (nSPS) is 11.5. The summed E-state index contributed by atoms with van der Waals surface area (Å²) in [4.78, 5) is 13.3. The first-order valence-corrected chi connectivity index (χ1v) is 13.5. The Morgan fingerprint density at radius 3 is 2.41 bits per heavy atom. The first-order valence-electron chi connectivity index (χ1n) is 11.2. The maximum atomic E-state index is 13.1. The van der Waals surface area contributed by atoms with Gasteiger partial charge in [-0.2, -0.15) is 9.29 Å². The number of aromatic nitrogens is 3. The summed E-state index contributed by atoms with van der Waals surface area (Å²) in [5, 5.41) is 7.08. The van der Waals surface area contributed by atoms with E-state index in [-0.39, 0.29) is 31.2 Å². The first kappa shape index (κ1) is 26.5. The van der Waals surface area contributed by atoms with E-state index in [1.807, 2.05) is 24.3 Å². The predicted molar refractivity (Wildman–Crippen MR) is 145 cm³/mol. The molecule has 0 bridgehead atoms. The molecule has 0 spiro atoms. The molecule has 0 atom stereocenters. The van der Waals surface area contributed by atoms with Crippen LogP contribution in [0.25, 0.3) is 10.3 Å². The minimum atomic E-state index is -3.70. The minimum Gasteiger partial charge on any atom is -0.383 e. The molecular formula is C25H26N6O4S2. The fourth-order valence-corrected chi connectivity index (χ4v) is 5.73. The Morgan fingerprint density at radius 1 is 1.00 bits per heavy atom. The molecule has 0 aliphatic carbocycles. The minimum absolute atomic E-state index is 0.182. The van der Waals surface area contributed by atoms with Gasteiger partial charge < -0.3 is 20.1 Å². The highest BCUT2D eigenvalue weighted by Gasteiger charge is 2.24. The molecule has 2 aromatic heterocycles. The number of ether oxygens (including phenoxy) is 2. The van der Waals surface area contributed by atoms with Crippen molar-refractivity contribution in [3.8, 4) is 12.3 Å². The number of rotatable bonds is 12. The van der Waals surface area contributed by atoms with Crippen molar-refractivity contribution in [1.29, 1.82) is 0 Å². The average molecular weight is 539 g/mol. The van der Waals surface area contributed by atoms with Crippen molar-refractivity contribution in [2.75, 3.05) is 51.2 Å². The molecule has 192 valence electrons. The highest BCUT2D eigenvalue weighted by molar-refractivity contribution is 7.89. The monoisotopic (exact) mass is 538 g/mol. The number of hydrogen-bond donors (Lipinski definition) is 2. The molecule has 0 aliphatic rings. The average Bonchev–Trinajstić information content (AvgIpc) is 3.32. The van der Waals surface area contributed by atoms with Crippen molar-refractivity contribution in [3.05, 3.63) is 60.4 Å². The van der Waals surface area contributed by atoms with Crippen molar-refractivity contribution < 1.29 is 17.9 Å². The summed E-state index contributed by atoms with van der Waals surface area (Å²) in [6.45, 7) is 1.04. The molecule has 0 saturated heterocycles. The zero-order valence-corrected chi connectivity index (χ0v) is 22.0. The lowest BCUT2D eigenvalue weighted by Crippen LogP contribution is -2.36. The lowest BCUT2D eigenvalue weighted by molar-refractivity contribution is 0.150. The Labute approximate surface area is 219 Å². The summed E-state index contributed by atoms with van der Waals surface area (Å²) in [5.74, 6) is 3.22. The molecule has 0 unspecified atom stereocenters.